The summed E-state index contributed by atoms with van der Waals surface area (Å²) in [7, 11) is 1.68. The Morgan fingerprint density at radius 1 is 1.40 bits per heavy atom. The molecule has 2 heteroatoms. The van der Waals surface area contributed by atoms with Crippen LogP contribution in [0.15, 0.2) is 0 Å². The lowest BCUT2D eigenvalue weighted by Gasteiger charge is -2.39. The van der Waals surface area contributed by atoms with Gasteiger partial charge in [-0.05, 0) is 37.5 Å². The number of hydrogen-bond acceptors (Lipinski definition) is 2. The van der Waals surface area contributed by atoms with Gasteiger partial charge in [0.25, 0.3) is 0 Å². The highest BCUT2D eigenvalue weighted by Crippen LogP contribution is 2.38. The van der Waals surface area contributed by atoms with Gasteiger partial charge in [-0.1, -0.05) is 20.8 Å². The van der Waals surface area contributed by atoms with Gasteiger partial charge >= 0.3 is 0 Å². The maximum atomic E-state index is 11.9. The van der Waals surface area contributed by atoms with Gasteiger partial charge in [0.1, 0.15) is 5.60 Å². The summed E-state index contributed by atoms with van der Waals surface area (Å²) < 4.78 is 5.51. The Labute approximate surface area is 93.4 Å². The van der Waals surface area contributed by atoms with Crippen molar-refractivity contribution in [1.82, 2.24) is 0 Å². The van der Waals surface area contributed by atoms with E-state index in [2.05, 4.69) is 13.8 Å². The van der Waals surface area contributed by atoms with Gasteiger partial charge in [0.05, 0.1) is 0 Å². The first-order chi connectivity index (χ1) is 7.05. The van der Waals surface area contributed by atoms with Crippen molar-refractivity contribution < 1.29 is 9.53 Å². The predicted octanol–water partition coefficient (Wildman–Crippen LogP) is 3.20. The first-order valence-electron chi connectivity index (χ1n) is 6.14. The molecule has 0 aromatic rings. The second-order valence-electron chi connectivity index (χ2n) is 5.06. The zero-order valence-electron chi connectivity index (χ0n) is 10.5. The largest absolute Gasteiger partial charge is 0.370 e. The third kappa shape index (κ3) is 2.60. The quantitative estimate of drug-likeness (QED) is 0.715. The second-order valence-corrected chi connectivity index (χ2v) is 5.06. The van der Waals surface area contributed by atoms with Crippen LogP contribution in [0.3, 0.4) is 0 Å². The molecule has 88 valence electrons. The number of ether oxygens (including phenoxy) is 1. The van der Waals surface area contributed by atoms with Gasteiger partial charge in [0.2, 0.25) is 0 Å². The molecule has 0 saturated heterocycles. The summed E-state index contributed by atoms with van der Waals surface area (Å²) in [5.74, 6) is 1.79. The minimum Gasteiger partial charge on any atom is -0.370 e. The molecule has 0 aromatic carbocycles. The van der Waals surface area contributed by atoms with Crippen LogP contribution in [0.1, 0.15) is 52.9 Å². The highest BCUT2D eigenvalue weighted by molar-refractivity contribution is 5.87. The molecule has 1 fully saturated rings. The smallest absolute Gasteiger partial charge is 0.164 e. The van der Waals surface area contributed by atoms with Gasteiger partial charge in [-0.25, -0.2) is 0 Å². The first kappa shape index (κ1) is 12.7. The molecule has 0 amide bonds. The average molecular weight is 212 g/mol. The van der Waals surface area contributed by atoms with Gasteiger partial charge in [0.15, 0.2) is 5.78 Å². The van der Waals surface area contributed by atoms with Crippen molar-refractivity contribution in [2.45, 2.75) is 58.5 Å². The van der Waals surface area contributed by atoms with Gasteiger partial charge in [-0.3, -0.25) is 4.79 Å². The minimum absolute atomic E-state index is 0.284. The number of methoxy groups -OCH3 is 1. The van der Waals surface area contributed by atoms with Crippen LogP contribution in [0, 0.1) is 11.8 Å². The molecule has 1 aliphatic carbocycles. The maximum Gasteiger partial charge on any atom is 0.164 e. The molecule has 0 spiro atoms. The van der Waals surface area contributed by atoms with Crippen LogP contribution >= 0.6 is 0 Å². The molecule has 0 heterocycles. The summed E-state index contributed by atoms with van der Waals surface area (Å²) in [6.07, 6.45) is 4.70. The van der Waals surface area contributed by atoms with Gasteiger partial charge in [-0.2, -0.15) is 0 Å². The second kappa shape index (κ2) is 5.11. The zero-order chi connectivity index (χ0) is 11.5. The maximum absolute atomic E-state index is 11.9. The summed E-state index contributed by atoms with van der Waals surface area (Å²) in [5, 5.41) is 0. The number of hydrogen-bond donors (Lipinski definition) is 0. The van der Waals surface area contributed by atoms with Crippen LogP contribution in [-0.2, 0) is 9.53 Å². The first-order valence-corrected chi connectivity index (χ1v) is 6.14. The molecule has 0 N–H and O–H groups in total. The fourth-order valence-corrected chi connectivity index (χ4v) is 2.69. The molecule has 0 aliphatic heterocycles. The van der Waals surface area contributed by atoms with Crippen LogP contribution < -0.4 is 0 Å². The topological polar surface area (TPSA) is 26.3 Å². The van der Waals surface area contributed by atoms with Gasteiger partial charge < -0.3 is 4.74 Å². The van der Waals surface area contributed by atoms with E-state index in [0.717, 1.165) is 37.5 Å². The molecular formula is C13H24O2. The van der Waals surface area contributed by atoms with Crippen LogP contribution in [-0.4, -0.2) is 18.5 Å². The summed E-state index contributed by atoms with van der Waals surface area (Å²) in [6, 6.07) is 0. The number of rotatable bonds is 4. The molecule has 1 saturated carbocycles. The predicted molar refractivity (Wildman–Crippen MR) is 61.8 cm³/mol. The summed E-state index contributed by atoms with van der Waals surface area (Å²) in [5.41, 5.74) is -0.444. The van der Waals surface area contributed by atoms with E-state index < -0.39 is 5.60 Å². The van der Waals surface area contributed by atoms with Gasteiger partial charge in [0, 0.05) is 13.5 Å². The van der Waals surface area contributed by atoms with E-state index in [1.165, 1.54) is 0 Å². The molecule has 2 nitrogen and oxygen atoms in total. The Bertz CT molecular complexity index is 213. The van der Waals surface area contributed by atoms with Crippen LogP contribution in [0.5, 0.6) is 0 Å². The standard InChI is InChI=1S/C13H24O2/c1-5-12(14)13(15-4)8-6-11(7-9-13)10(2)3/h10-11H,5-9H2,1-4H3. The normalized spacial score (nSPS) is 31.9. The van der Waals surface area contributed by atoms with Crippen molar-refractivity contribution in [3.63, 3.8) is 0 Å². The van der Waals surface area contributed by atoms with Crippen molar-refractivity contribution in [3.8, 4) is 0 Å². The van der Waals surface area contributed by atoms with E-state index in [0.29, 0.717) is 6.42 Å². The van der Waals surface area contributed by atoms with Crippen LogP contribution in [0.4, 0.5) is 0 Å². The fraction of sp³-hybridized carbons (Fsp3) is 0.923. The third-order valence-corrected chi connectivity index (χ3v) is 4.00. The number of Topliss-reactive ketones (excluding diaryl/α,β-unsaturated/α-hetero) is 1. The molecule has 15 heavy (non-hydrogen) atoms. The highest BCUT2D eigenvalue weighted by Gasteiger charge is 2.40. The minimum atomic E-state index is -0.444. The zero-order valence-corrected chi connectivity index (χ0v) is 10.5. The molecule has 1 aliphatic rings. The van der Waals surface area contributed by atoms with E-state index in [4.69, 9.17) is 4.74 Å². The molecule has 0 radical (unpaired) electrons. The Balaban J connectivity index is 2.62. The molecule has 0 unspecified atom stereocenters. The highest BCUT2D eigenvalue weighted by atomic mass is 16.5. The van der Waals surface area contributed by atoms with E-state index in [9.17, 15) is 4.79 Å². The van der Waals surface area contributed by atoms with Crippen molar-refractivity contribution in [2.75, 3.05) is 7.11 Å². The molecule has 0 bridgehead atoms. The summed E-state index contributed by atoms with van der Waals surface area (Å²) in [4.78, 5) is 11.9. The lowest BCUT2D eigenvalue weighted by molar-refractivity contribution is -0.146. The number of carbonyl (C=O) groups excluding carboxylic acids is 1. The van der Waals surface area contributed by atoms with Crippen LogP contribution in [0.25, 0.3) is 0 Å². The summed E-state index contributed by atoms with van der Waals surface area (Å²) in [6.45, 7) is 6.47. The molecule has 1 rings (SSSR count). The Hall–Kier alpha value is -0.370. The van der Waals surface area contributed by atoms with Gasteiger partial charge in [-0.15, -0.1) is 0 Å². The van der Waals surface area contributed by atoms with E-state index in [1.54, 1.807) is 7.11 Å². The Morgan fingerprint density at radius 2 is 1.93 bits per heavy atom. The van der Waals surface area contributed by atoms with Crippen molar-refractivity contribution >= 4 is 5.78 Å². The fourth-order valence-electron chi connectivity index (χ4n) is 2.69. The van der Waals surface area contributed by atoms with Crippen molar-refractivity contribution in [1.29, 1.82) is 0 Å². The average Bonchev–Trinajstić information content (AvgIpc) is 2.27. The molecule has 0 atom stereocenters. The Kier molecular flexibility index (Phi) is 4.32. The van der Waals surface area contributed by atoms with E-state index in [-0.39, 0.29) is 5.78 Å². The monoisotopic (exact) mass is 212 g/mol. The molecular weight excluding hydrogens is 188 g/mol. The van der Waals surface area contributed by atoms with E-state index >= 15 is 0 Å². The lowest BCUT2D eigenvalue weighted by Crippen LogP contribution is -2.44. The number of carbonyl (C=O) groups is 1. The van der Waals surface area contributed by atoms with Crippen LogP contribution in [0.2, 0.25) is 0 Å². The van der Waals surface area contributed by atoms with Crippen molar-refractivity contribution in [3.05, 3.63) is 0 Å². The lowest BCUT2D eigenvalue weighted by atomic mass is 9.72. The summed E-state index contributed by atoms with van der Waals surface area (Å²) >= 11 is 0. The third-order valence-electron chi connectivity index (χ3n) is 4.00. The SMILES string of the molecule is CCC(=O)C1(OC)CCC(C(C)C)CC1. The number of ketones is 1. The Morgan fingerprint density at radius 3 is 2.27 bits per heavy atom. The molecule has 0 aromatic heterocycles. The van der Waals surface area contributed by atoms with Crippen molar-refractivity contribution in [2.24, 2.45) is 11.8 Å². The van der Waals surface area contributed by atoms with E-state index in [1.807, 2.05) is 6.92 Å².